The normalized spacial score (nSPS) is 18.1. The molecule has 3 N–H and O–H groups in total. The Labute approximate surface area is 85.0 Å². The number of carbonyl (C=O) groups is 1. The Kier molecular flexibility index (Phi) is 4.73. The van der Waals surface area contributed by atoms with E-state index >= 15 is 0 Å². The molecule has 0 heterocycles. The highest BCUT2D eigenvalue weighted by Gasteiger charge is 2.13. The molecule has 1 aliphatic carbocycles. The molecule has 0 aromatic heterocycles. The summed E-state index contributed by atoms with van der Waals surface area (Å²) in [5.41, 5.74) is 0. The van der Waals surface area contributed by atoms with Gasteiger partial charge in [0.05, 0.1) is 0 Å². The number of hydrogen-bond donors (Lipinski definition) is 2. The van der Waals surface area contributed by atoms with E-state index in [1.165, 1.54) is 32.1 Å². The summed E-state index contributed by atoms with van der Waals surface area (Å²) < 4.78 is 0. The van der Waals surface area contributed by atoms with Gasteiger partial charge in [0.25, 0.3) is 0 Å². The third-order valence-corrected chi connectivity index (χ3v) is 2.98. The molecule has 0 aromatic carbocycles. The predicted molar refractivity (Wildman–Crippen MR) is 54.7 cm³/mol. The number of nitrogens with two attached hydrogens (primary N) is 1. The van der Waals surface area contributed by atoms with Gasteiger partial charge < -0.3 is 5.11 Å². The largest absolute Gasteiger partial charge is 0.464 e. The first-order chi connectivity index (χ1) is 6.70. The predicted octanol–water partition coefficient (Wildman–Crippen LogP) is 2.20. The van der Waals surface area contributed by atoms with Gasteiger partial charge in [-0.15, -0.1) is 0 Å². The molecule has 0 bridgehead atoms. The summed E-state index contributed by atoms with van der Waals surface area (Å²) in [5, 5.41) is 9.40. The van der Waals surface area contributed by atoms with Gasteiger partial charge in [0, 0.05) is 6.54 Å². The summed E-state index contributed by atoms with van der Waals surface area (Å²) in [5.74, 6) is 6.08. The van der Waals surface area contributed by atoms with E-state index in [9.17, 15) is 4.79 Å². The van der Waals surface area contributed by atoms with E-state index < -0.39 is 6.09 Å². The lowest BCUT2D eigenvalue weighted by Crippen LogP contribution is -2.37. The molecular weight excluding hydrogens is 180 g/mol. The lowest BCUT2D eigenvalue weighted by atomic mass is 9.86. The first-order valence-electron chi connectivity index (χ1n) is 5.45. The fraction of sp³-hybridized carbons (Fsp3) is 0.900. The zero-order valence-electron chi connectivity index (χ0n) is 8.61. The van der Waals surface area contributed by atoms with Crippen LogP contribution in [0.4, 0.5) is 4.79 Å². The highest BCUT2D eigenvalue weighted by atomic mass is 16.4. The van der Waals surface area contributed by atoms with Gasteiger partial charge >= 0.3 is 6.09 Å². The summed E-state index contributed by atoms with van der Waals surface area (Å²) in [6.07, 6.45) is 7.68. The summed E-state index contributed by atoms with van der Waals surface area (Å²) >= 11 is 0. The molecule has 1 saturated carbocycles. The molecule has 0 radical (unpaired) electrons. The van der Waals surface area contributed by atoms with Crippen molar-refractivity contribution in [2.75, 3.05) is 6.54 Å². The van der Waals surface area contributed by atoms with Crippen molar-refractivity contribution >= 4 is 6.09 Å². The Hall–Kier alpha value is -0.770. The van der Waals surface area contributed by atoms with Crippen molar-refractivity contribution < 1.29 is 9.90 Å². The minimum Gasteiger partial charge on any atom is -0.464 e. The fourth-order valence-corrected chi connectivity index (χ4v) is 2.12. The standard InChI is InChI=1S/C10H20N2O2/c11-12(10(13)14)8-4-7-9-5-2-1-3-6-9/h9H,1-8,11H2,(H,13,14). The van der Waals surface area contributed by atoms with Gasteiger partial charge in [-0.2, -0.15) is 0 Å². The molecule has 1 amide bonds. The third kappa shape index (κ3) is 3.96. The molecular formula is C10H20N2O2. The van der Waals surface area contributed by atoms with Crippen LogP contribution in [0.2, 0.25) is 0 Å². The van der Waals surface area contributed by atoms with Crippen molar-refractivity contribution in [3.05, 3.63) is 0 Å². The van der Waals surface area contributed by atoms with Crippen molar-refractivity contribution in [3.63, 3.8) is 0 Å². The van der Waals surface area contributed by atoms with Crippen molar-refractivity contribution in [1.29, 1.82) is 0 Å². The average Bonchev–Trinajstić information content (AvgIpc) is 2.19. The lowest BCUT2D eigenvalue weighted by Gasteiger charge is -2.22. The van der Waals surface area contributed by atoms with Crippen molar-refractivity contribution in [1.82, 2.24) is 5.01 Å². The van der Waals surface area contributed by atoms with Gasteiger partial charge in [0.15, 0.2) is 0 Å². The first kappa shape index (κ1) is 11.3. The summed E-state index contributed by atoms with van der Waals surface area (Å²) in [4.78, 5) is 10.4. The second-order valence-electron chi connectivity index (χ2n) is 4.12. The van der Waals surface area contributed by atoms with Crippen LogP contribution >= 0.6 is 0 Å². The summed E-state index contributed by atoms with van der Waals surface area (Å²) in [6.45, 7) is 0.464. The Morgan fingerprint density at radius 2 is 2.00 bits per heavy atom. The van der Waals surface area contributed by atoms with Crippen LogP contribution in [0, 0.1) is 5.92 Å². The summed E-state index contributed by atoms with van der Waals surface area (Å²) in [6, 6.07) is 0. The zero-order chi connectivity index (χ0) is 10.4. The smallest absolute Gasteiger partial charge is 0.421 e. The number of rotatable bonds is 4. The highest BCUT2D eigenvalue weighted by molar-refractivity contribution is 5.63. The van der Waals surface area contributed by atoms with Gasteiger partial charge in [-0.25, -0.2) is 15.6 Å². The van der Waals surface area contributed by atoms with E-state index in [2.05, 4.69) is 0 Å². The minimum absolute atomic E-state index is 0.464. The van der Waals surface area contributed by atoms with E-state index in [1.807, 2.05) is 0 Å². The number of carboxylic acid groups (broad SMARTS) is 1. The van der Waals surface area contributed by atoms with Crippen LogP contribution in [0.15, 0.2) is 0 Å². The van der Waals surface area contributed by atoms with E-state index in [0.717, 1.165) is 23.8 Å². The first-order valence-corrected chi connectivity index (χ1v) is 5.45. The molecule has 1 rings (SSSR count). The number of nitrogens with zero attached hydrogens (tertiary/aromatic N) is 1. The fourth-order valence-electron chi connectivity index (χ4n) is 2.12. The van der Waals surface area contributed by atoms with E-state index in [-0.39, 0.29) is 0 Å². The van der Waals surface area contributed by atoms with Crippen LogP contribution in [0.1, 0.15) is 44.9 Å². The van der Waals surface area contributed by atoms with Gasteiger partial charge in [0.2, 0.25) is 0 Å². The molecule has 0 aromatic rings. The topological polar surface area (TPSA) is 66.6 Å². The van der Waals surface area contributed by atoms with Crippen LogP contribution < -0.4 is 5.84 Å². The Bertz CT molecular complexity index is 179. The average molecular weight is 200 g/mol. The molecule has 1 aliphatic rings. The van der Waals surface area contributed by atoms with Crippen molar-refractivity contribution in [2.24, 2.45) is 11.8 Å². The molecule has 0 aliphatic heterocycles. The van der Waals surface area contributed by atoms with Crippen LogP contribution in [0.5, 0.6) is 0 Å². The Morgan fingerprint density at radius 1 is 1.36 bits per heavy atom. The van der Waals surface area contributed by atoms with Crippen molar-refractivity contribution in [3.8, 4) is 0 Å². The molecule has 82 valence electrons. The molecule has 0 unspecified atom stereocenters. The molecule has 14 heavy (non-hydrogen) atoms. The van der Waals surface area contributed by atoms with Gasteiger partial charge in [0.1, 0.15) is 0 Å². The van der Waals surface area contributed by atoms with E-state index in [0.29, 0.717) is 6.54 Å². The number of hydrazine groups is 1. The Balaban J connectivity index is 2.05. The van der Waals surface area contributed by atoms with Gasteiger partial charge in [-0.05, 0) is 18.8 Å². The third-order valence-electron chi connectivity index (χ3n) is 2.98. The van der Waals surface area contributed by atoms with Crippen LogP contribution in [-0.4, -0.2) is 22.8 Å². The van der Waals surface area contributed by atoms with Crippen molar-refractivity contribution in [2.45, 2.75) is 44.9 Å². The van der Waals surface area contributed by atoms with E-state index in [1.54, 1.807) is 0 Å². The van der Waals surface area contributed by atoms with E-state index in [4.69, 9.17) is 10.9 Å². The van der Waals surface area contributed by atoms with Crippen LogP contribution in [-0.2, 0) is 0 Å². The molecule has 0 spiro atoms. The highest BCUT2D eigenvalue weighted by Crippen LogP contribution is 2.27. The maximum Gasteiger partial charge on any atom is 0.421 e. The lowest BCUT2D eigenvalue weighted by molar-refractivity contribution is 0.143. The number of hydrogen-bond acceptors (Lipinski definition) is 2. The quantitative estimate of drug-likeness (QED) is 0.415. The monoisotopic (exact) mass is 200 g/mol. The second kappa shape index (κ2) is 5.86. The SMILES string of the molecule is NN(CCCC1CCCCC1)C(=O)O. The van der Waals surface area contributed by atoms with Crippen LogP contribution in [0.3, 0.4) is 0 Å². The van der Waals surface area contributed by atoms with Gasteiger partial charge in [-0.1, -0.05) is 32.1 Å². The maximum atomic E-state index is 10.4. The molecule has 0 atom stereocenters. The Morgan fingerprint density at radius 3 is 2.57 bits per heavy atom. The maximum absolute atomic E-state index is 10.4. The zero-order valence-corrected chi connectivity index (χ0v) is 8.61. The molecule has 1 fully saturated rings. The molecule has 0 saturated heterocycles. The van der Waals surface area contributed by atoms with Crippen LogP contribution in [0.25, 0.3) is 0 Å². The molecule has 4 heteroatoms. The molecule has 4 nitrogen and oxygen atoms in total. The second-order valence-corrected chi connectivity index (χ2v) is 4.12. The summed E-state index contributed by atoms with van der Waals surface area (Å²) in [7, 11) is 0. The number of amides is 1. The van der Waals surface area contributed by atoms with Gasteiger partial charge in [-0.3, -0.25) is 0 Å². The minimum atomic E-state index is -1.03.